The van der Waals surface area contributed by atoms with Crippen molar-refractivity contribution in [3.8, 4) is 5.75 Å². The molecule has 2 aromatic rings. The number of benzene rings is 1. The molecular formula is C37H61N3O6S. The summed E-state index contributed by atoms with van der Waals surface area (Å²) >= 11 is 1.46. The second kappa shape index (κ2) is 22.6. The van der Waals surface area contributed by atoms with Crippen molar-refractivity contribution in [1.82, 2.24) is 15.2 Å². The fraction of sp³-hybridized carbons (Fsp3) is 0.676. The summed E-state index contributed by atoms with van der Waals surface area (Å²) in [4.78, 5) is 42.2. The van der Waals surface area contributed by atoms with Crippen LogP contribution in [0.3, 0.4) is 0 Å². The monoisotopic (exact) mass is 675 g/mol. The zero-order valence-electron chi connectivity index (χ0n) is 30.1. The average Bonchev–Trinajstić information content (AvgIpc) is 3.50. The van der Waals surface area contributed by atoms with E-state index >= 15 is 0 Å². The van der Waals surface area contributed by atoms with Crippen LogP contribution < -0.4 is 5.32 Å². The predicted octanol–water partition coefficient (Wildman–Crippen LogP) is 8.42. The molecule has 3 unspecified atom stereocenters. The van der Waals surface area contributed by atoms with E-state index in [0.29, 0.717) is 31.6 Å². The van der Waals surface area contributed by atoms with Crippen molar-refractivity contribution in [2.45, 2.75) is 138 Å². The highest BCUT2D eigenvalue weighted by atomic mass is 32.1. The van der Waals surface area contributed by atoms with E-state index in [1.165, 1.54) is 17.8 Å². The van der Waals surface area contributed by atoms with E-state index in [1.807, 2.05) is 24.4 Å². The largest absolute Gasteiger partial charge is 0.508 e. The lowest BCUT2D eigenvalue weighted by Gasteiger charge is -2.36. The first-order valence-corrected chi connectivity index (χ1v) is 18.2. The molecule has 10 heteroatoms. The number of thiazole rings is 1. The van der Waals surface area contributed by atoms with Gasteiger partial charge in [-0.1, -0.05) is 86.3 Å². The Bertz CT molecular complexity index is 1160. The summed E-state index contributed by atoms with van der Waals surface area (Å²) in [5.41, 5.74) is 1.47. The van der Waals surface area contributed by atoms with Crippen LogP contribution in [0.15, 0.2) is 29.6 Å². The fourth-order valence-electron chi connectivity index (χ4n) is 5.71. The minimum atomic E-state index is -0.293. The summed E-state index contributed by atoms with van der Waals surface area (Å²) in [7, 11) is 0. The van der Waals surface area contributed by atoms with Gasteiger partial charge in [-0.3, -0.25) is 14.4 Å². The lowest BCUT2D eigenvalue weighted by atomic mass is 9.85. The molecule has 0 radical (unpaired) electrons. The van der Waals surface area contributed by atoms with Gasteiger partial charge in [-0.2, -0.15) is 0 Å². The van der Waals surface area contributed by atoms with Gasteiger partial charge in [0.05, 0.1) is 0 Å². The van der Waals surface area contributed by atoms with E-state index in [9.17, 15) is 14.7 Å². The summed E-state index contributed by atoms with van der Waals surface area (Å²) in [6, 6.07) is 7.10. The predicted molar refractivity (Wildman–Crippen MR) is 191 cm³/mol. The van der Waals surface area contributed by atoms with Gasteiger partial charge in [0.1, 0.15) is 22.6 Å². The minimum absolute atomic E-state index is 0.0188. The van der Waals surface area contributed by atoms with Crippen molar-refractivity contribution in [2.75, 3.05) is 13.2 Å². The summed E-state index contributed by atoms with van der Waals surface area (Å²) in [5, 5.41) is 22.4. The standard InChI is InChI=1S/C36H59N3O4S.CH2O2/c1-9-12-14-15-21-39(33(41)16-13-10-2)31(26(4)5)23-32(43-11-3)35-38-30(25-44-35)34(42)37-28(24-36(6,7)8)22-27-17-19-29(40)20-18-27;2-1-3/h17-20,25-26,28,31-32,40H,9-16,21-24H2,1-8H3,(H,37,42);1H,(H,2,3). The smallest absolute Gasteiger partial charge is 0.290 e. The van der Waals surface area contributed by atoms with E-state index in [2.05, 4.69) is 58.7 Å². The Kier molecular flexibility index (Phi) is 20.2. The number of phenolic OH excluding ortho intramolecular Hbond substituents is 1. The molecule has 3 atom stereocenters. The molecule has 47 heavy (non-hydrogen) atoms. The van der Waals surface area contributed by atoms with Crippen molar-refractivity contribution in [1.29, 1.82) is 0 Å². The highest BCUT2D eigenvalue weighted by molar-refractivity contribution is 7.09. The molecule has 0 aliphatic heterocycles. The number of hydrogen-bond donors (Lipinski definition) is 3. The number of carbonyl (C=O) groups is 3. The molecule has 0 fully saturated rings. The van der Waals surface area contributed by atoms with E-state index in [-0.39, 0.29) is 53.6 Å². The highest BCUT2D eigenvalue weighted by Crippen LogP contribution is 2.31. The molecule has 0 saturated heterocycles. The van der Waals surface area contributed by atoms with Crippen molar-refractivity contribution < 1.29 is 29.3 Å². The average molecular weight is 676 g/mol. The number of carboxylic acid groups (broad SMARTS) is 1. The molecule has 0 bridgehead atoms. The van der Waals surface area contributed by atoms with Gasteiger partial charge in [0.2, 0.25) is 5.91 Å². The molecule has 9 nitrogen and oxygen atoms in total. The van der Waals surface area contributed by atoms with E-state index in [4.69, 9.17) is 19.6 Å². The van der Waals surface area contributed by atoms with E-state index < -0.39 is 0 Å². The number of ether oxygens (including phenoxy) is 1. The van der Waals surface area contributed by atoms with Gasteiger partial charge < -0.3 is 25.2 Å². The summed E-state index contributed by atoms with van der Waals surface area (Å²) in [6.07, 6.45) is 8.78. The number of amides is 2. The highest BCUT2D eigenvalue weighted by Gasteiger charge is 2.31. The lowest BCUT2D eigenvalue weighted by molar-refractivity contribution is -0.136. The number of aromatic nitrogens is 1. The quantitative estimate of drug-likeness (QED) is 0.0949. The number of nitrogens with zero attached hydrogens (tertiary/aromatic N) is 2. The van der Waals surface area contributed by atoms with Crippen LogP contribution in [0.25, 0.3) is 0 Å². The van der Waals surface area contributed by atoms with Crippen molar-refractivity contribution >= 4 is 29.6 Å². The second-order valence-corrected chi connectivity index (χ2v) is 14.6. The topological polar surface area (TPSA) is 129 Å². The Morgan fingerprint density at radius 2 is 1.68 bits per heavy atom. The Morgan fingerprint density at radius 1 is 1.04 bits per heavy atom. The Labute approximate surface area is 287 Å². The van der Waals surface area contributed by atoms with Crippen LogP contribution in [0.5, 0.6) is 5.75 Å². The first-order valence-electron chi connectivity index (χ1n) is 17.3. The fourth-order valence-corrected chi connectivity index (χ4v) is 6.56. The molecule has 1 heterocycles. The number of nitrogens with one attached hydrogen (secondary N) is 1. The third-order valence-corrected chi connectivity index (χ3v) is 8.89. The SMILES string of the molecule is CCCCCCN(C(=O)CCCC)C(CC(OCC)c1nc(C(=O)NC(Cc2ccc(O)cc2)CC(C)(C)C)cs1)C(C)C.O=CO. The zero-order chi connectivity index (χ0) is 35.4. The van der Waals surface area contributed by atoms with Gasteiger partial charge in [-0.15, -0.1) is 11.3 Å². The third-order valence-electron chi connectivity index (χ3n) is 7.95. The molecule has 1 aromatic heterocycles. The van der Waals surface area contributed by atoms with Crippen molar-refractivity contribution in [3.05, 3.63) is 45.9 Å². The molecule has 0 aliphatic rings. The third kappa shape index (κ3) is 16.6. The van der Waals surface area contributed by atoms with E-state index in [1.54, 1.807) is 12.1 Å². The van der Waals surface area contributed by atoms with Gasteiger partial charge in [0.15, 0.2) is 0 Å². The maximum absolute atomic E-state index is 13.5. The Morgan fingerprint density at radius 3 is 2.23 bits per heavy atom. The first kappa shape index (κ1) is 42.0. The Hall–Kier alpha value is -2.98. The van der Waals surface area contributed by atoms with Crippen LogP contribution in [-0.4, -0.2) is 63.6 Å². The molecule has 0 saturated carbocycles. The number of phenols is 1. The second-order valence-electron chi connectivity index (χ2n) is 13.7. The number of rotatable bonds is 20. The van der Waals surface area contributed by atoms with Gasteiger partial charge in [0, 0.05) is 43.5 Å². The van der Waals surface area contributed by atoms with Crippen LogP contribution in [0.2, 0.25) is 0 Å². The maximum atomic E-state index is 13.5. The van der Waals surface area contributed by atoms with Gasteiger partial charge in [-0.25, -0.2) is 4.98 Å². The number of hydrogen-bond acceptors (Lipinski definition) is 7. The summed E-state index contributed by atoms with van der Waals surface area (Å²) < 4.78 is 6.25. The van der Waals surface area contributed by atoms with Crippen LogP contribution in [0.4, 0.5) is 0 Å². The van der Waals surface area contributed by atoms with Gasteiger partial charge in [-0.05, 0) is 61.6 Å². The molecule has 0 spiro atoms. The van der Waals surface area contributed by atoms with Crippen molar-refractivity contribution in [2.24, 2.45) is 11.3 Å². The number of unbranched alkanes of at least 4 members (excludes halogenated alkanes) is 4. The minimum Gasteiger partial charge on any atom is -0.508 e. The first-order chi connectivity index (χ1) is 22.3. The summed E-state index contributed by atoms with van der Waals surface area (Å²) in [5.74, 6) is 0.530. The normalized spacial score (nSPS) is 13.3. The van der Waals surface area contributed by atoms with Gasteiger partial charge in [0.25, 0.3) is 12.4 Å². The van der Waals surface area contributed by atoms with Crippen LogP contribution >= 0.6 is 11.3 Å². The molecule has 3 N–H and O–H groups in total. The number of aromatic hydroxyl groups is 1. The van der Waals surface area contributed by atoms with Crippen molar-refractivity contribution in [3.63, 3.8) is 0 Å². The Balaban J connectivity index is 0.00000354. The van der Waals surface area contributed by atoms with E-state index in [0.717, 1.165) is 55.6 Å². The lowest BCUT2D eigenvalue weighted by Crippen LogP contribution is -2.45. The summed E-state index contributed by atoms with van der Waals surface area (Å²) in [6.45, 7) is 18.2. The number of carbonyl (C=O) groups excluding carboxylic acids is 2. The van der Waals surface area contributed by atoms with Crippen LogP contribution in [-0.2, 0) is 20.7 Å². The maximum Gasteiger partial charge on any atom is 0.290 e. The molecule has 266 valence electrons. The molecule has 1 aromatic carbocycles. The van der Waals surface area contributed by atoms with Crippen LogP contribution in [0.1, 0.15) is 140 Å². The molecule has 2 amide bonds. The van der Waals surface area contributed by atoms with Gasteiger partial charge >= 0.3 is 0 Å². The molecule has 2 rings (SSSR count). The van der Waals surface area contributed by atoms with Crippen LogP contribution in [0, 0.1) is 11.3 Å². The zero-order valence-corrected chi connectivity index (χ0v) is 30.9. The molecular weight excluding hydrogens is 614 g/mol. The molecule has 0 aliphatic carbocycles.